The molecular weight excluding hydrogens is 362 g/mol. The normalized spacial score (nSPS) is 14.0. The smallest absolute Gasteiger partial charge is 0.0413 e. The minimum Gasteiger partial charge on any atom is -0.338 e. The minimum atomic E-state index is 0.579. The van der Waals surface area contributed by atoms with Crippen molar-refractivity contribution in [1.82, 2.24) is 0 Å². The van der Waals surface area contributed by atoms with Crippen LogP contribution < -0.4 is 4.90 Å². The van der Waals surface area contributed by atoms with E-state index < -0.39 is 0 Å². The molecular formula is C29H27N. The zero-order valence-corrected chi connectivity index (χ0v) is 17.2. The average molecular weight is 390 g/mol. The summed E-state index contributed by atoms with van der Waals surface area (Å²) < 4.78 is 0. The van der Waals surface area contributed by atoms with Crippen molar-refractivity contribution >= 4 is 11.4 Å². The van der Waals surface area contributed by atoms with Crippen LogP contribution in [0.2, 0.25) is 0 Å². The zero-order chi connectivity index (χ0) is 20.2. The topological polar surface area (TPSA) is 3.24 Å². The minimum absolute atomic E-state index is 0.579. The molecule has 0 heterocycles. The van der Waals surface area contributed by atoms with Gasteiger partial charge in [-0.3, -0.25) is 0 Å². The quantitative estimate of drug-likeness (QED) is 0.333. The van der Waals surface area contributed by atoms with Crippen LogP contribution in [0.25, 0.3) is 22.3 Å². The monoisotopic (exact) mass is 389 g/mol. The van der Waals surface area contributed by atoms with Crippen molar-refractivity contribution < 1.29 is 0 Å². The summed E-state index contributed by atoms with van der Waals surface area (Å²) in [4.78, 5) is 2.55. The molecule has 1 aliphatic carbocycles. The molecule has 1 nitrogen and oxygen atoms in total. The maximum absolute atomic E-state index is 2.55. The van der Waals surface area contributed by atoms with Gasteiger partial charge in [-0.1, -0.05) is 97.8 Å². The lowest BCUT2D eigenvalue weighted by molar-refractivity contribution is 0.678. The van der Waals surface area contributed by atoms with Crippen molar-refractivity contribution in [3.8, 4) is 22.3 Å². The highest BCUT2D eigenvalue weighted by molar-refractivity contribution is 5.72. The highest BCUT2D eigenvalue weighted by Gasteiger charge is 2.24. The molecule has 4 aromatic rings. The average Bonchev–Trinajstić information content (AvgIpc) is 3.36. The van der Waals surface area contributed by atoms with Gasteiger partial charge in [-0.15, -0.1) is 0 Å². The van der Waals surface area contributed by atoms with Crippen molar-refractivity contribution in [3.05, 3.63) is 109 Å². The summed E-state index contributed by atoms with van der Waals surface area (Å²) in [6.45, 7) is 0. The molecule has 0 aromatic heterocycles. The van der Waals surface area contributed by atoms with Crippen molar-refractivity contribution in [2.45, 2.75) is 31.7 Å². The van der Waals surface area contributed by atoms with E-state index in [1.54, 1.807) is 0 Å². The van der Waals surface area contributed by atoms with Gasteiger partial charge in [-0.25, -0.2) is 0 Å². The molecule has 0 bridgehead atoms. The summed E-state index contributed by atoms with van der Waals surface area (Å²) in [6.07, 6.45) is 5.18. The predicted molar refractivity (Wildman–Crippen MR) is 128 cm³/mol. The van der Waals surface area contributed by atoms with Gasteiger partial charge >= 0.3 is 0 Å². The number of hydrogen-bond acceptors (Lipinski definition) is 1. The third-order valence-electron chi connectivity index (χ3n) is 6.20. The Hall–Kier alpha value is -3.32. The summed E-state index contributed by atoms with van der Waals surface area (Å²) in [5, 5.41) is 0. The fourth-order valence-electron chi connectivity index (χ4n) is 4.62. The van der Waals surface area contributed by atoms with Crippen LogP contribution in [0.15, 0.2) is 109 Å². The molecule has 0 N–H and O–H groups in total. The van der Waals surface area contributed by atoms with Crippen LogP contribution in [0.1, 0.15) is 25.7 Å². The van der Waals surface area contributed by atoms with E-state index in [-0.39, 0.29) is 0 Å². The molecule has 1 heteroatoms. The van der Waals surface area contributed by atoms with Crippen LogP contribution in [0.3, 0.4) is 0 Å². The van der Waals surface area contributed by atoms with E-state index in [1.165, 1.54) is 59.3 Å². The molecule has 4 aromatic carbocycles. The lowest BCUT2D eigenvalue weighted by Gasteiger charge is -2.31. The third-order valence-corrected chi connectivity index (χ3v) is 6.20. The van der Waals surface area contributed by atoms with E-state index in [4.69, 9.17) is 0 Å². The molecule has 0 saturated heterocycles. The highest BCUT2D eigenvalue weighted by atomic mass is 15.2. The van der Waals surface area contributed by atoms with Crippen LogP contribution in [0, 0.1) is 0 Å². The first-order valence-electron chi connectivity index (χ1n) is 11.0. The molecule has 0 aliphatic heterocycles. The van der Waals surface area contributed by atoms with Crippen LogP contribution in [0.5, 0.6) is 0 Å². The van der Waals surface area contributed by atoms with Gasteiger partial charge in [0.05, 0.1) is 0 Å². The second-order valence-corrected chi connectivity index (χ2v) is 8.13. The number of anilines is 2. The van der Waals surface area contributed by atoms with Crippen molar-refractivity contribution in [3.63, 3.8) is 0 Å². The Morgan fingerprint density at radius 3 is 1.20 bits per heavy atom. The third kappa shape index (κ3) is 3.89. The highest BCUT2D eigenvalue weighted by Crippen LogP contribution is 2.36. The fourth-order valence-corrected chi connectivity index (χ4v) is 4.62. The van der Waals surface area contributed by atoms with Crippen molar-refractivity contribution in [2.24, 2.45) is 0 Å². The van der Waals surface area contributed by atoms with E-state index in [9.17, 15) is 0 Å². The second-order valence-electron chi connectivity index (χ2n) is 8.13. The van der Waals surface area contributed by atoms with Gasteiger partial charge in [0.25, 0.3) is 0 Å². The Balaban J connectivity index is 1.47. The largest absolute Gasteiger partial charge is 0.338 e. The van der Waals surface area contributed by atoms with E-state index >= 15 is 0 Å². The molecule has 0 spiro atoms. The Morgan fingerprint density at radius 2 is 0.800 bits per heavy atom. The Kier molecular flexibility index (Phi) is 5.35. The number of nitrogens with zero attached hydrogens (tertiary/aromatic N) is 1. The van der Waals surface area contributed by atoms with Gasteiger partial charge in [-0.2, -0.15) is 0 Å². The second kappa shape index (κ2) is 8.59. The molecule has 148 valence electrons. The SMILES string of the molecule is c1ccc(-c2ccc(N(c3ccc(-c4ccccc4)cc3)C3CCCC3)cc2)cc1. The zero-order valence-electron chi connectivity index (χ0n) is 17.2. The Bertz CT molecular complexity index is 978. The maximum atomic E-state index is 2.55. The van der Waals surface area contributed by atoms with Crippen LogP contribution in [-0.2, 0) is 0 Å². The van der Waals surface area contributed by atoms with Crippen LogP contribution >= 0.6 is 0 Å². The number of hydrogen-bond donors (Lipinski definition) is 0. The predicted octanol–water partition coefficient (Wildman–Crippen LogP) is 8.10. The molecule has 0 atom stereocenters. The number of rotatable bonds is 5. The number of benzene rings is 4. The standard InChI is InChI=1S/C29H27N/c1-3-9-23(10-4-1)25-15-19-28(20-16-25)30(27-13-7-8-14-27)29-21-17-26(18-22-29)24-11-5-2-6-12-24/h1-6,9-12,15-22,27H,7-8,13-14H2. The maximum Gasteiger partial charge on any atom is 0.0413 e. The summed E-state index contributed by atoms with van der Waals surface area (Å²) in [5.74, 6) is 0. The van der Waals surface area contributed by atoms with E-state index in [1.807, 2.05) is 0 Å². The summed E-state index contributed by atoms with van der Waals surface area (Å²) in [7, 11) is 0. The first kappa shape index (κ1) is 18.7. The van der Waals surface area contributed by atoms with Gasteiger partial charge < -0.3 is 4.90 Å². The summed E-state index contributed by atoms with van der Waals surface area (Å²) in [5.41, 5.74) is 7.64. The Morgan fingerprint density at radius 1 is 0.433 bits per heavy atom. The molecule has 0 unspecified atom stereocenters. The lowest BCUT2D eigenvalue weighted by Crippen LogP contribution is -2.28. The molecule has 0 radical (unpaired) electrons. The molecule has 30 heavy (non-hydrogen) atoms. The molecule has 1 fully saturated rings. The van der Waals surface area contributed by atoms with Gasteiger partial charge in [-0.05, 0) is 59.4 Å². The Labute approximate surface area is 179 Å². The van der Waals surface area contributed by atoms with Gasteiger partial charge in [0.1, 0.15) is 0 Å². The van der Waals surface area contributed by atoms with E-state index in [0.29, 0.717) is 6.04 Å². The van der Waals surface area contributed by atoms with Crippen LogP contribution in [0.4, 0.5) is 11.4 Å². The fraction of sp³-hybridized carbons (Fsp3) is 0.172. The van der Waals surface area contributed by atoms with Crippen LogP contribution in [-0.4, -0.2) is 6.04 Å². The van der Waals surface area contributed by atoms with Gasteiger partial charge in [0.15, 0.2) is 0 Å². The first-order chi connectivity index (χ1) is 14.9. The van der Waals surface area contributed by atoms with Gasteiger partial charge in [0.2, 0.25) is 0 Å². The van der Waals surface area contributed by atoms with E-state index in [2.05, 4.69) is 114 Å². The summed E-state index contributed by atoms with van der Waals surface area (Å²) in [6, 6.07) is 40.0. The molecule has 1 aliphatic rings. The lowest BCUT2D eigenvalue weighted by atomic mass is 10.0. The molecule has 0 amide bonds. The van der Waals surface area contributed by atoms with Gasteiger partial charge in [0, 0.05) is 17.4 Å². The first-order valence-corrected chi connectivity index (χ1v) is 11.0. The molecule has 1 saturated carbocycles. The van der Waals surface area contributed by atoms with Crippen molar-refractivity contribution in [2.75, 3.05) is 4.90 Å². The van der Waals surface area contributed by atoms with Crippen molar-refractivity contribution in [1.29, 1.82) is 0 Å². The summed E-state index contributed by atoms with van der Waals surface area (Å²) >= 11 is 0. The molecule has 5 rings (SSSR count). The van der Waals surface area contributed by atoms with E-state index in [0.717, 1.165) is 0 Å².